The van der Waals surface area contributed by atoms with E-state index in [1.165, 1.54) is 25.3 Å². The Kier molecular flexibility index (Phi) is 5.70. The maximum atomic E-state index is 11.0. The van der Waals surface area contributed by atoms with Gasteiger partial charge in [-0.25, -0.2) is 4.79 Å². The maximum absolute atomic E-state index is 11.0. The highest BCUT2D eigenvalue weighted by Crippen LogP contribution is 2.17. The molecule has 15 heavy (non-hydrogen) atoms. The molecule has 1 aromatic carbocycles. The van der Waals surface area contributed by atoms with E-state index in [1.54, 1.807) is 6.07 Å². The molecular formula is C10H13NO4. The van der Waals surface area contributed by atoms with Gasteiger partial charge in [-0.3, -0.25) is 10.1 Å². The van der Waals surface area contributed by atoms with Crippen molar-refractivity contribution in [1.29, 1.82) is 0 Å². The molecule has 5 heteroatoms. The summed E-state index contributed by atoms with van der Waals surface area (Å²) in [7, 11) is 1.18. The highest BCUT2D eigenvalue weighted by atomic mass is 16.6. The van der Waals surface area contributed by atoms with Crippen molar-refractivity contribution < 1.29 is 14.5 Å². The molecular weight excluding hydrogens is 198 g/mol. The number of nitro groups is 1. The van der Waals surface area contributed by atoms with Crippen LogP contribution in [0.5, 0.6) is 0 Å². The molecule has 0 saturated heterocycles. The number of esters is 1. The smallest absolute Gasteiger partial charge is 0.344 e. The summed E-state index contributed by atoms with van der Waals surface area (Å²) in [6, 6.07) is 5.64. The second-order valence-corrected chi connectivity index (χ2v) is 2.27. The number of carbonyl (C=O) groups excluding carboxylic acids is 1. The Balaban J connectivity index is 0.000000921. The second kappa shape index (κ2) is 6.53. The van der Waals surface area contributed by atoms with Crippen molar-refractivity contribution in [2.45, 2.75) is 13.8 Å². The molecule has 0 saturated carbocycles. The van der Waals surface area contributed by atoms with Gasteiger partial charge < -0.3 is 4.74 Å². The highest BCUT2D eigenvalue weighted by Gasteiger charge is 2.18. The number of hydrogen-bond donors (Lipinski definition) is 0. The second-order valence-electron chi connectivity index (χ2n) is 2.27. The number of rotatable bonds is 2. The molecule has 0 atom stereocenters. The van der Waals surface area contributed by atoms with Crippen LogP contribution in [-0.4, -0.2) is 18.0 Å². The summed E-state index contributed by atoms with van der Waals surface area (Å²) in [6.45, 7) is 4.00. The van der Waals surface area contributed by atoms with Crippen molar-refractivity contribution in [2.24, 2.45) is 0 Å². The van der Waals surface area contributed by atoms with E-state index < -0.39 is 10.9 Å². The van der Waals surface area contributed by atoms with E-state index in [4.69, 9.17) is 0 Å². The van der Waals surface area contributed by atoms with Crippen LogP contribution in [0.15, 0.2) is 24.3 Å². The van der Waals surface area contributed by atoms with Gasteiger partial charge in [0.15, 0.2) is 0 Å². The van der Waals surface area contributed by atoms with Gasteiger partial charge in [0.25, 0.3) is 5.69 Å². The topological polar surface area (TPSA) is 69.4 Å². The molecule has 1 aromatic rings. The summed E-state index contributed by atoms with van der Waals surface area (Å²) in [5.74, 6) is -0.702. The fourth-order valence-corrected chi connectivity index (χ4v) is 0.915. The molecule has 0 radical (unpaired) electrons. The van der Waals surface area contributed by atoms with Gasteiger partial charge in [-0.15, -0.1) is 0 Å². The third-order valence-corrected chi connectivity index (χ3v) is 1.51. The maximum Gasteiger partial charge on any atom is 0.344 e. The quantitative estimate of drug-likeness (QED) is 0.428. The van der Waals surface area contributed by atoms with Gasteiger partial charge in [0, 0.05) is 6.07 Å². The SMILES string of the molecule is CC.COC(=O)c1ccccc1[N+](=O)[O-]. The van der Waals surface area contributed by atoms with Gasteiger partial charge in [-0.05, 0) is 6.07 Å². The van der Waals surface area contributed by atoms with Gasteiger partial charge in [0.1, 0.15) is 5.56 Å². The lowest BCUT2D eigenvalue weighted by Gasteiger charge is -1.99. The first-order valence-corrected chi connectivity index (χ1v) is 4.48. The Hall–Kier alpha value is -1.91. The highest BCUT2D eigenvalue weighted by molar-refractivity contribution is 5.93. The summed E-state index contributed by atoms with van der Waals surface area (Å²) in [6.07, 6.45) is 0. The third-order valence-electron chi connectivity index (χ3n) is 1.51. The van der Waals surface area contributed by atoms with Gasteiger partial charge in [-0.1, -0.05) is 26.0 Å². The number of ether oxygens (including phenoxy) is 1. The van der Waals surface area contributed by atoms with Crippen molar-refractivity contribution in [3.63, 3.8) is 0 Å². The summed E-state index contributed by atoms with van der Waals surface area (Å²) in [5, 5.41) is 10.4. The molecule has 82 valence electrons. The summed E-state index contributed by atoms with van der Waals surface area (Å²) < 4.78 is 4.38. The molecule has 0 aliphatic rings. The molecule has 0 aliphatic carbocycles. The fourth-order valence-electron chi connectivity index (χ4n) is 0.915. The first-order valence-electron chi connectivity index (χ1n) is 4.48. The molecule has 0 fully saturated rings. The van der Waals surface area contributed by atoms with E-state index >= 15 is 0 Å². The van der Waals surface area contributed by atoms with Crippen LogP contribution in [0.25, 0.3) is 0 Å². The van der Waals surface area contributed by atoms with Crippen LogP contribution in [-0.2, 0) is 4.74 Å². The lowest BCUT2D eigenvalue weighted by molar-refractivity contribution is -0.385. The van der Waals surface area contributed by atoms with Crippen LogP contribution in [0.4, 0.5) is 5.69 Å². The van der Waals surface area contributed by atoms with Crippen LogP contribution < -0.4 is 0 Å². The fraction of sp³-hybridized carbons (Fsp3) is 0.300. The first-order chi connectivity index (χ1) is 7.16. The van der Waals surface area contributed by atoms with Crippen molar-refractivity contribution in [1.82, 2.24) is 0 Å². The number of nitro benzene ring substituents is 1. The van der Waals surface area contributed by atoms with Gasteiger partial charge in [0.2, 0.25) is 0 Å². The number of benzene rings is 1. The van der Waals surface area contributed by atoms with Crippen LogP contribution in [0.1, 0.15) is 24.2 Å². The zero-order valence-corrected chi connectivity index (χ0v) is 8.89. The molecule has 0 unspecified atom stereocenters. The van der Waals surface area contributed by atoms with E-state index in [-0.39, 0.29) is 11.3 Å². The molecule has 0 N–H and O–H groups in total. The molecule has 0 bridgehead atoms. The number of carbonyl (C=O) groups is 1. The monoisotopic (exact) mass is 211 g/mol. The zero-order valence-electron chi connectivity index (χ0n) is 8.89. The molecule has 0 heterocycles. The molecule has 5 nitrogen and oxygen atoms in total. The van der Waals surface area contributed by atoms with Crippen molar-refractivity contribution in [3.8, 4) is 0 Å². The number of methoxy groups -OCH3 is 1. The standard InChI is InChI=1S/C8H7NO4.C2H6/c1-13-8(10)6-4-2-3-5-7(6)9(11)12;1-2/h2-5H,1H3;1-2H3. The van der Waals surface area contributed by atoms with Crippen LogP contribution in [0.2, 0.25) is 0 Å². The third kappa shape index (κ3) is 3.38. The Morgan fingerprint density at radius 2 is 1.87 bits per heavy atom. The van der Waals surface area contributed by atoms with Gasteiger partial charge >= 0.3 is 5.97 Å². The Morgan fingerprint density at radius 1 is 1.33 bits per heavy atom. The number of para-hydroxylation sites is 1. The Morgan fingerprint density at radius 3 is 2.33 bits per heavy atom. The largest absolute Gasteiger partial charge is 0.465 e. The minimum Gasteiger partial charge on any atom is -0.465 e. The normalized spacial score (nSPS) is 8.47. The zero-order chi connectivity index (χ0) is 11.8. The van der Waals surface area contributed by atoms with E-state index in [0.29, 0.717) is 0 Å². The predicted octanol–water partition coefficient (Wildman–Crippen LogP) is 2.41. The van der Waals surface area contributed by atoms with E-state index in [1.807, 2.05) is 13.8 Å². The molecule has 0 spiro atoms. The lowest BCUT2D eigenvalue weighted by Crippen LogP contribution is -2.04. The average Bonchev–Trinajstić information content (AvgIpc) is 2.30. The van der Waals surface area contributed by atoms with Crippen molar-refractivity contribution >= 4 is 11.7 Å². The molecule has 0 aliphatic heterocycles. The average molecular weight is 211 g/mol. The predicted molar refractivity (Wildman–Crippen MR) is 55.8 cm³/mol. The summed E-state index contributed by atoms with van der Waals surface area (Å²) in [4.78, 5) is 20.8. The lowest BCUT2D eigenvalue weighted by atomic mass is 10.2. The Bertz CT molecular complexity index is 349. The van der Waals surface area contributed by atoms with Crippen molar-refractivity contribution in [2.75, 3.05) is 7.11 Å². The van der Waals surface area contributed by atoms with Crippen LogP contribution in [0, 0.1) is 10.1 Å². The summed E-state index contributed by atoms with van der Waals surface area (Å²) in [5.41, 5.74) is -0.274. The minimum absolute atomic E-state index is 0.0324. The van der Waals surface area contributed by atoms with E-state index in [2.05, 4.69) is 4.74 Å². The van der Waals surface area contributed by atoms with Gasteiger partial charge in [-0.2, -0.15) is 0 Å². The number of nitrogens with zero attached hydrogens (tertiary/aromatic N) is 1. The molecule has 0 aromatic heterocycles. The van der Waals surface area contributed by atoms with E-state index in [9.17, 15) is 14.9 Å². The first kappa shape index (κ1) is 13.1. The summed E-state index contributed by atoms with van der Waals surface area (Å²) >= 11 is 0. The Labute approximate surface area is 87.8 Å². The van der Waals surface area contributed by atoms with E-state index in [0.717, 1.165) is 0 Å². The van der Waals surface area contributed by atoms with Gasteiger partial charge in [0.05, 0.1) is 12.0 Å². The molecule has 0 amide bonds. The minimum atomic E-state index is -0.702. The number of hydrogen-bond acceptors (Lipinski definition) is 4. The van der Waals surface area contributed by atoms with Crippen LogP contribution >= 0.6 is 0 Å². The molecule has 1 rings (SSSR count). The van der Waals surface area contributed by atoms with Crippen molar-refractivity contribution in [3.05, 3.63) is 39.9 Å². The van der Waals surface area contributed by atoms with Crippen LogP contribution in [0.3, 0.4) is 0 Å².